The van der Waals surface area contributed by atoms with Gasteiger partial charge in [0.2, 0.25) is 0 Å². The Morgan fingerprint density at radius 2 is 2.00 bits per heavy atom. The van der Waals surface area contributed by atoms with Gasteiger partial charge in [0, 0.05) is 5.88 Å². The van der Waals surface area contributed by atoms with Crippen molar-refractivity contribution in [3.05, 3.63) is 39.4 Å². The van der Waals surface area contributed by atoms with E-state index in [1.807, 2.05) is 18.2 Å². The minimum absolute atomic E-state index is 0.552. The molecule has 0 N–H and O–H groups in total. The summed E-state index contributed by atoms with van der Waals surface area (Å²) in [4.78, 5) is 0. The van der Waals surface area contributed by atoms with Crippen molar-refractivity contribution in [1.82, 2.24) is 0 Å². The number of hydrogen-bond acceptors (Lipinski definition) is 0. The smallest absolute Gasteiger partial charge is 0.0598 e. The minimum atomic E-state index is 0.552. The van der Waals surface area contributed by atoms with Gasteiger partial charge in [-0.2, -0.15) is 0 Å². The predicted molar refractivity (Wildman–Crippen MR) is 65.5 cm³/mol. The molecule has 0 heterocycles. The van der Waals surface area contributed by atoms with Crippen LogP contribution in [0.5, 0.6) is 0 Å². The fourth-order valence-electron chi connectivity index (χ4n) is 1.07. The lowest BCUT2D eigenvalue weighted by Gasteiger charge is -2.01. The van der Waals surface area contributed by atoms with Gasteiger partial charge in [-0.3, -0.25) is 0 Å². The first-order chi connectivity index (χ1) is 6.67. The topological polar surface area (TPSA) is 0 Å². The first-order valence-electron chi connectivity index (χ1n) is 4.37. The molecule has 0 amide bonds. The highest BCUT2D eigenvalue weighted by molar-refractivity contribution is 6.42. The summed E-state index contributed by atoms with van der Waals surface area (Å²) in [5.74, 6) is 0.552. The molecular weight excluding hydrogens is 238 g/mol. The zero-order chi connectivity index (χ0) is 10.6. The highest BCUT2D eigenvalue weighted by Crippen LogP contribution is 2.24. The fourth-order valence-corrected chi connectivity index (χ4v) is 1.65. The van der Waals surface area contributed by atoms with Gasteiger partial charge >= 0.3 is 0 Å². The predicted octanol–water partition coefficient (Wildman–Crippen LogP) is 5.03. The standard InChI is InChI=1S/C11H11Cl3/c1-2-8(7-12)5-9-3-4-10(13)11(14)6-9/h3-6H,2,7H2,1H3. The zero-order valence-corrected chi connectivity index (χ0v) is 10.1. The van der Waals surface area contributed by atoms with Crippen LogP contribution >= 0.6 is 34.8 Å². The molecule has 3 heteroatoms. The van der Waals surface area contributed by atoms with Crippen LogP contribution < -0.4 is 0 Å². The number of benzene rings is 1. The molecule has 0 spiro atoms. The minimum Gasteiger partial charge on any atom is -0.122 e. The molecule has 14 heavy (non-hydrogen) atoms. The monoisotopic (exact) mass is 248 g/mol. The maximum absolute atomic E-state index is 5.89. The molecule has 0 saturated heterocycles. The van der Waals surface area contributed by atoms with E-state index in [1.54, 1.807) is 6.07 Å². The van der Waals surface area contributed by atoms with Crippen LogP contribution in [0.15, 0.2) is 23.8 Å². The highest BCUT2D eigenvalue weighted by Gasteiger charge is 1.98. The van der Waals surface area contributed by atoms with Gasteiger partial charge in [-0.05, 0) is 24.1 Å². The molecule has 0 nitrogen and oxygen atoms in total. The Bertz CT molecular complexity index is 336. The van der Waals surface area contributed by atoms with Crippen LogP contribution in [0.4, 0.5) is 0 Å². The van der Waals surface area contributed by atoms with E-state index in [4.69, 9.17) is 34.8 Å². The zero-order valence-electron chi connectivity index (χ0n) is 7.86. The number of allylic oxidation sites excluding steroid dienone is 1. The summed E-state index contributed by atoms with van der Waals surface area (Å²) < 4.78 is 0. The van der Waals surface area contributed by atoms with E-state index >= 15 is 0 Å². The van der Waals surface area contributed by atoms with Crippen LogP contribution in [-0.4, -0.2) is 5.88 Å². The van der Waals surface area contributed by atoms with E-state index in [0.717, 1.165) is 12.0 Å². The Kier molecular flexibility index (Phi) is 4.80. The van der Waals surface area contributed by atoms with Crippen LogP contribution in [0, 0.1) is 0 Å². The van der Waals surface area contributed by atoms with Crippen molar-refractivity contribution < 1.29 is 0 Å². The Balaban J connectivity index is 2.97. The third-order valence-electron chi connectivity index (χ3n) is 1.94. The number of rotatable bonds is 3. The first kappa shape index (κ1) is 11.9. The lowest BCUT2D eigenvalue weighted by atomic mass is 10.1. The first-order valence-corrected chi connectivity index (χ1v) is 5.67. The van der Waals surface area contributed by atoms with E-state index in [-0.39, 0.29) is 0 Å². The average Bonchev–Trinajstić information content (AvgIpc) is 2.19. The molecule has 0 bridgehead atoms. The number of halogens is 3. The van der Waals surface area contributed by atoms with Gasteiger partial charge < -0.3 is 0 Å². The molecule has 0 aliphatic rings. The molecule has 0 aliphatic carbocycles. The van der Waals surface area contributed by atoms with Crippen molar-refractivity contribution in [2.24, 2.45) is 0 Å². The van der Waals surface area contributed by atoms with Crippen molar-refractivity contribution in [3.63, 3.8) is 0 Å². The van der Waals surface area contributed by atoms with Gasteiger partial charge in [0.05, 0.1) is 10.0 Å². The molecule has 0 saturated carbocycles. The molecule has 1 rings (SSSR count). The summed E-state index contributed by atoms with van der Waals surface area (Å²) in [5.41, 5.74) is 2.22. The summed E-state index contributed by atoms with van der Waals surface area (Å²) >= 11 is 17.5. The van der Waals surface area contributed by atoms with Crippen molar-refractivity contribution in [2.45, 2.75) is 13.3 Å². The lowest BCUT2D eigenvalue weighted by molar-refractivity contribution is 1.12. The van der Waals surface area contributed by atoms with Gasteiger partial charge in [0.25, 0.3) is 0 Å². The third-order valence-corrected chi connectivity index (χ3v) is 3.02. The van der Waals surface area contributed by atoms with Gasteiger partial charge in [-0.1, -0.05) is 47.8 Å². The molecule has 0 unspecified atom stereocenters. The summed E-state index contributed by atoms with van der Waals surface area (Å²) in [6.07, 6.45) is 2.99. The largest absolute Gasteiger partial charge is 0.122 e. The number of hydrogen-bond donors (Lipinski definition) is 0. The molecule has 0 aromatic heterocycles. The Morgan fingerprint density at radius 1 is 1.29 bits per heavy atom. The second-order valence-electron chi connectivity index (χ2n) is 2.96. The SMILES string of the molecule is CCC(=Cc1ccc(Cl)c(Cl)c1)CCl. The number of alkyl halides is 1. The van der Waals surface area contributed by atoms with Crippen LogP contribution in [0.3, 0.4) is 0 Å². The molecule has 0 aliphatic heterocycles. The van der Waals surface area contributed by atoms with Crippen LogP contribution in [-0.2, 0) is 0 Å². The van der Waals surface area contributed by atoms with E-state index in [9.17, 15) is 0 Å². The highest BCUT2D eigenvalue weighted by atomic mass is 35.5. The normalized spacial score (nSPS) is 11.9. The third kappa shape index (κ3) is 3.20. The van der Waals surface area contributed by atoms with Crippen LogP contribution in [0.2, 0.25) is 10.0 Å². The van der Waals surface area contributed by atoms with E-state index in [2.05, 4.69) is 6.92 Å². The van der Waals surface area contributed by atoms with Gasteiger partial charge in [-0.25, -0.2) is 0 Å². The summed E-state index contributed by atoms with van der Waals surface area (Å²) in [7, 11) is 0. The maximum Gasteiger partial charge on any atom is 0.0598 e. The van der Waals surface area contributed by atoms with Gasteiger partial charge in [0.15, 0.2) is 0 Å². The van der Waals surface area contributed by atoms with Crippen molar-refractivity contribution in [1.29, 1.82) is 0 Å². The molecule has 1 aromatic rings. The molecule has 0 fully saturated rings. The summed E-state index contributed by atoms with van der Waals surface area (Å²) in [5, 5.41) is 1.15. The Morgan fingerprint density at radius 3 is 2.50 bits per heavy atom. The van der Waals surface area contributed by atoms with Crippen LogP contribution in [0.25, 0.3) is 6.08 Å². The molecule has 76 valence electrons. The average molecular weight is 250 g/mol. The van der Waals surface area contributed by atoms with Crippen molar-refractivity contribution >= 4 is 40.9 Å². The quantitative estimate of drug-likeness (QED) is 0.660. The Hall–Kier alpha value is -0.170. The molecule has 1 aromatic carbocycles. The van der Waals surface area contributed by atoms with Crippen molar-refractivity contribution in [2.75, 3.05) is 5.88 Å². The molecular formula is C11H11Cl3. The van der Waals surface area contributed by atoms with E-state index < -0.39 is 0 Å². The summed E-state index contributed by atoms with van der Waals surface area (Å²) in [6, 6.07) is 5.56. The molecule has 0 radical (unpaired) electrons. The van der Waals surface area contributed by atoms with Crippen LogP contribution in [0.1, 0.15) is 18.9 Å². The fraction of sp³-hybridized carbons (Fsp3) is 0.273. The maximum atomic E-state index is 5.89. The van der Waals surface area contributed by atoms with E-state index in [0.29, 0.717) is 15.9 Å². The molecule has 0 atom stereocenters. The second kappa shape index (κ2) is 5.65. The Labute approximate surface area is 99.5 Å². The summed E-state index contributed by atoms with van der Waals surface area (Å²) in [6.45, 7) is 2.08. The van der Waals surface area contributed by atoms with Gasteiger partial charge in [0.1, 0.15) is 0 Å². The second-order valence-corrected chi connectivity index (χ2v) is 4.04. The lowest BCUT2D eigenvalue weighted by Crippen LogP contribution is -1.82. The van der Waals surface area contributed by atoms with Gasteiger partial charge in [-0.15, -0.1) is 11.6 Å². The van der Waals surface area contributed by atoms with E-state index in [1.165, 1.54) is 5.57 Å². The van der Waals surface area contributed by atoms with Crippen molar-refractivity contribution in [3.8, 4) is 0 Å².